The van der Waals surface area contributed by atoms with Crippen LogP contribution in [0.4, 0.5) is 14.5 Å². The van der Waals surface area contributed by atoms with Crippen molar-refractivity contribution >= 4 is 11.6 Å². The van der Waals surface area contributed by atoms with Crippen LogP contribution in [0, 0.1) is 0 Å². The van der Waals surface area contributed by atoms with Gasteiger partial charge >= 0.3 is 6.61 Å². The molecule has 0 aromatic heterocycles. The molecule has 0 bridgehead atoms. The summed E-state index contributed by atoms with van der Waals surface area (Å²) in [5.41, 5.74) is 1.39. The molecule has 0 radical (unpaired) electrons. The van der Waals surface area contributed by atoms with E-state index in [1.54, 1.807) is 13.2 Å². The van der Waals surface area contributed by atoms with E-state index in [0.29, 0.717) is 12.2 Å². The number of alkyl halides is 2. The molecule has 6 nitrogen and oxygen atoms in total. The molecule has 0 aliphatic carbocycles. The van der Waals surface area contributed by atoms with Gasteiger partial charge in [0.25, 0.3) is 0 Å². The van der Waals surface area contributed by atoms with Gasteiger partial charge in [0.2, 0.25) is 5.91 Å². The summed E-state index contributed by atoms with van der Waals surface area (Å²) in [5, 5.41) is 5.61. The number of rotatable bonds is 9. The van der Waals surface area contributed by atoms with Crippen LogP contribution in [0.25, 0.3) is 0 Å². The molecule has 0 fully saturated rings. The van der Waals surface area contributed by atoms with Gasteiger partial charge in [-0.2, -0.15) is 8.78 Å². The molecule has 0 unspecified atom stereocenters. The van der Waals surface area contributed by atoms with Crippen LogP contribution >= 0.6 is 0 Å². The molecule has 0 saturated carbocycles. The van der Waals surface area contributed by atoms with Crippen LogP contribution in [0.5, 0.6) is 17.2 Å². The van der Waals surface area contributed by atoms with Crippen LogP contribution < -0.4 is 24.8 Å². The Labute approximate surface area is 150 Å². The molecule has 0 heterocycles. The molecule has 0 saturated heterocycles. The first-order valence-electron chi connectivity index (χ1n) is 7.78. The van der Waals surface area contributed by atoms with E-state index in [1.807, 2.05) is 24.3 Å². The lowest BCUT2D eigenvalue weighted by Crippen LogP contribution is -2.29. The second-order valence-corrected chi connectivity index (χ2v) is 5.22. The summed E-state index contributed by atoms with van der Waals surface area (Å²) < 4.78 is 39.3. The second-order valence-electron chi connectivity index (χ2n) is 5.22. The topological polar surface area (TPSA) is 68.8 Å². The normalized spacial score (nSPS) is 10.3. The molecule has 2 aromatic rings. The van der Waals surface area contributed by atoms with E-state index >= 15 is 0 Å². The molecule has 0 aliphatic heterocycles. The van der Waals surface area contributed by atoms with Crippen LogP contribution in [-0.2, 0) is 11.3 Å². The Morgan fingerprint density at radius 3 is 2.38 bits per heavy atom. The number of carbonyl (C=O) groups excluding carboxylic acids is 1. The predicted molar refractivity (Wildman–Crippen MR) is 93.0 cm³/mol. The fraction of sp³-hybridized carbons (Fsp3) is 0.278. The highest BCUT2D eigenvalue weighted by atomic mass is 19.3. The largest absolute Gasteiger partial charge is 0.497 e. The van der Waals surface area contributed by atoms with Gasteiger partial charge < -0.3 is 24.8 Å². The zero-order valence-corrected chi connectivity index (χ0v) is 14.4. The third-order valence-corrected chi connectivity index (χ3v) is 3.48. The van der Waals surface area contributed by atoms with Crippen molar-refractivity contribution in [1.82, 2.24) is 5.32 Å². The molecule has 26 heavy (non-hydrogen) atoms. The SMILES string of the molecule is COc1ccc(CNC(=O)CNc2ccc(OC)c(OC(F)F)c2)cc1. The summed E-state index contributed by atoms with van der Waals surface area (Å²) in [4.78, 5) is 11.9. The number of methoxy groups -OCH3 is 2. The maximum Gasteiger partial charge on any atom is 0.387 e. The predicted octanol–water partition coefficient (Wildman–Crippen LogP) is 3.03. The van der Waals surface area contributed by atoms with Crippen molar-refractivity contribution in [3.63, 3.8) is 0 Å². The van der Waals surface area contributed by atoms with Crippen molar-refractivity contribution in [3.8, 4) is 17.2 Å². The molecule has 140 valence electrons. The number of carbonyl (C=O) groups is 1. The minimum atomic E-state index is -2.97. The standard InChI is InChI=1S/C18H20F2N2O4/c1-24-14-6-3-12(4-7-14)10-22-17(23)11-21-13-5-8-15(25-2)16(9-13)26-18(19)20/h3-9,18,21H,10-11H2,1-2H3,(H,22,23). The highest BCUT2D eigenvalue weighted by molar-refractivity contribution is 5.80. The minimum Gasteiger partial charge on any atom is -0.497 e. The Bertz CT molecular complexity index is 724. The molecule has 2 aromatic carbocycles. The Morgan fingerprint density at radius 1 is 1.04 bits per heavy atom. The van der Waals surface area contributed by atoms with Crippen molar-refractivity contribution in [2.75, 3.05) is 26.1 Å². The number of benzene rings is 2. The zero-order chi connectivity index (χ0) is 18.9. The van der Waals surface area contributed by atoms with E-state index in [9.17, 15) is 13.6 Å². The molecule has 0 spiro atoms. The first-order chi connectivity index (χ1) is 12.5. The Kier molecular flexibility index (Phi) is 7.02. The Balaban J connectivity index is 1.86. The van der Waals surface area contributed by atoms with Crippen LogP contribution in [-0.4, -0.2) is 33.3 Å². The van der Waals surface area contributed by atoms with Crippen LogP contribution in [0.2, 0.25) is 0 Å². The maximum absolute atomic E-state index is 12.4. The molecule has 0 aliphatic rings. The first-order valence-corrected chi connectivity index (χ1v) is 7.78. The Morgan fingerprint density at radius 2 is 1.77 bits per heavy atom. The average molecular weight is 366 g/mol. The summed E-state index contributed by atoms with van der Waals surface area (Å²) in [6.07, 6.45) is 0. The first kappa shape index (κ1) is 19.3. The van der Waals surface area contributed by atoms with Gasteiger partial charge in [0, 0.05) is 18.3 Å². The number of hydrogen-bond donors (Lipinski definition) is 2. The third kappa shape index (κ3) is 5.80. The quantitative estimate of drug-likeness (QED) is 0.714. The summed E-state index contributed by atoms with van der Waals surface area (Å²) in [6.45, 7) is -2.62. The van der Waals surface area contributed by atoms with Gasteiger partial charge in [-0.1, -0.05) is 12.1 Å². The van der Waals surface area contributed by atoms with E-state index in [4.69, 9.17) is 9.47 Å². The van der Waals surface area contributed by atoms with E-state index in [0.717, 1.165) is 11.3 Å². The molecule has 8 heteroatoms. The van der Waals surface area contributed by atoms with Gasteiger partial charge in [0.15, 0.2) is 11.5 Å². The van der Waals surface area contributed by atoms with Crippen molar-refractivity contribution in [3.05, 3.63) is 48.0 Å². The molecule has 1 amide bonds. The van der Waals surface area contributed by atoms with E-state index in [1.165, 1.54) is 19.2 Å². The van der Waals surface area contributed by atoms with Crippen molar-refractivity contribution in [2.45, 2.75) is 13.2 Å². The van der Waals surface area contributed by atoms with Gasteiger partial charge in [-0.15, -0.1) is 0 Å². The number of hydrogen-bond acceptors (Lipinski definition) is 5. The summed E-state index contributed by atoms with van der Waals surface area (Å²) in [5.74, 6) is 0.571. The van der Waals surface area contributed by atoms with Gasteiger partial charge in [0.05, 0.1) is 20.8 Å². The van der Waals surface area contributed by atoms with Gasteiger partial charge in [-0.25, -0.2) is 0 Å². The van der Waals surface area contributed by atoms with Gasteiger partial charge in [-0.05, 0) is 29.8 Å². The Hall–Kier alpha value is -3.03. The van der Waals surface area contributed by atoms with E-state index in [-0.39, 0.29) is 24.0 Å². The fourth-order valence-corrected chi connectivity index (χ4v) is 2.16. The van der Waals surface area contributed by atoms with Crippen LogP contribution in [0.1, 0.15) is 5.56 Å². The molecular formula is C18H20F2N2O4. The zero-order valence-electron chi connectivity index (χ0n) is 14.4. The van der Waals surface area contributed by atoms with Crippen LogP contribution in [0.15, 0.2) is 42.5 Å². The van der Waals surface area contributed by atoms with Gasteiger partial charge in [0.1, 0.15) is 5.75 Å². The molecule has 0 atom stereocenters. The minimum absolute atomic E-state index is 0.0173. The number of amides is 1. The lowest BCUT2D eigenvalue weighted by atomic mass is 10.2. The van der Waals surface area contributed by atoms with Crippen LogP contribution in [0.3, 0.4) is 0 Å². The third-order valence-electron chi connectivity index (χ3n) is 3.48. The average Bonchev–Trinajstić information content (AvgIpc) is 2.64. The van der Waals surface area contributed by atoms with E-state index in [2.05, 4.69) is 15.4 Å². The highest BCUT2D eigenvalue weighted by Crippen LogP contribution is 2.31. The summed E-state index contributed by atoms with van der Waals surface area (Å²) in [6, 6.07) is 11.8. The fourth-order valence-electron chi connectivity index (χ4n) is 2.16. The molecule has 2 N–H and O–H groups in total. The van der Waals surface area contributed by atoms with Crippen molar-refractivity contribution in [2.24, 2.45) is 0 Å². The smallest absolute Gasteiger partial charge is 0.387 e. The van der Waals surface area contributed by atoms with Crippen molar-refractivity contribution in [1.29, 1.82) is 0 Å². The monoisotopic (exact) mass is 366 g/mol. The lowest BCUT2D eigenvalue weighted by molar-refractivity contribution is -0.119. The number of halogens is 2. The maximum atomic E-state index is 12.4. The number of anilines is 1. The number of ether oxygens (including phenoxy) is 3. The van der Waals surface area contributed by atoms with Gasteiger partial charge in [-0.3, -0.25) is 4.79 Å². The molecular weight excluding hydrogens is 346 g/mol. The lowest BCUT2D eigenvalue weighted by Gasteiger charge is -2.13. The highest BCUT2D eigenvalue weighted by Gasteiger charge is 2.11. The summed E-state index contributed by atoms with van der Waals surface area (Å²) >= 11 is 0. The van der Waals surface area contributed by atoms with E-state index < -0.39 is 6.61 Å². The second kappa shape index (κ2) is 9.45. The number of nitrogens with one attached hydrogen (secondary N) is 2. The summed E-state index contributed by atoms with van der Waals surface area (Å²) in [7, 11) is 2.94. The van der Waals surface area contributed by atoms with Crippen molar-refractivity contribution < 1.29 is 27.8 Å². The molecule has 2 rings (SSSR count).